The van der Waals surface area contributed by atoms with Crippen molar-refractivity contribution in [1.82, 2.24) is 0 Å². The molecule has 17 nitrogen and oxygen atoms in total. The van der Waals surface area contributed by atoms with E-state index >= 15 is 0 Å². The predicted molar refractivity (Wildman–Crippen MR) is 377 cm³/mol. The number of aliphatic hydroxyl groups excluding tert-OH is 1. The van der Waals surface area contributed by atoms with Gasteiger partial charge < -0.3 is 33.8 Å². The van der Waals surface area contributed by atoms with E-state index in [-0.39, 0.29) is 25.7 Å². The van der Waals surface area contributed by atoms with Crippen molar-refractivity contribution >= 4 is 39.5 Å². The molecule has 0 saturated heterocycles. The lowest BCUT2D eigenvalue weighted by atomic mass is 9.99. The Kier molecular flexibility index (Phi) is 63.4. The van der Waals surface area contributed by atoms with Crippen molar-refractivity contribution in [3.05, 3.63) is 0 Å². The van der Waals surface area contributed by atoms with Crippen molar-refractivity contribution in [1.29, 1.82) is 0 Å². The fourth-order valence-electron chi connectivity index (χ4n) is 11.2. The van der Waals surface area contributed by atoms with Gasteiger partial charge in [-0.15, -0.1) is 0 Å². The average molecular weight is 1370 g/mol. The molecular formula is C74H144O17P2. The van der Waals surface area contributed by atoms with Crippen LogP contribution in [0.3, 0.4) is 0 Å². The molecule has 0 heterocycles. The van der Waals surface area contributed by atoms with Gasteiger partial charge in [-0.05, 0) is 43.4 Å². The minimum absolute atomic E-state index is 0.101. The summed E-state index contributed by atoms with van der Waals surface area (Å²) in [6.45, 7) is 11.8. The Balaban J connectivity index is 5.15. The average Bonchev–Trinajstić information content (AvgIpc) is 1.74. The minimum Gasteiger partial charge on any atom is -0.462 e. The molecular weight excluding hydrogens is 1220 g/mol. The molecule has 0 bridgehead atoms. The van der Waals surface area contributed by atoms with Crippen LogP contribution in [0.15, 0.2) is 0 Å². The summed E-state index contributed by atoms with van der Waals surface area (Å²) < 4.78 is 68.3. The van der Waals surface area contributed by atoms with Gasteiger partial charge in [0, 0.05) is 25.7 Å². The van der Waals surface area contributed by atoms with Crippen molar-refractivity contribution in [2.45, 2.75) is 394 Å². The van der Waals surface area contributed by atoms with Gasteiger partial charge in [-0.1, -0.05) is 325 Å². The predicted octanol–water partition coefficient (Wildman–Crippen LogP) is 21.4. The molecule has 0 radical (unpaired) electrons. The van der Waals surface area contributed by atoms with E-state index in [1.165, 1.54) is 180 Å². The lowest BCUT2D eigenvalue weighted by Crippen LogP contribution is -2.30. The Morgan fingerprint density at radius 1 is 0.312 bits per heavy atom. The van der Waals surface area contributed by atoms with Crippen molar-refractivity contribution in [3.63, 3.8) is 0 Å². The lowest BCUT2D eigenvalue weighted by molar-refractivity contribution is -0.161. The van der Waals surface area contributed by atoms with E-state index in [0.717, 1.165) is 102 Å². The monoisotopic (exact) mass is 1370 g/mol. The summed E-state index contributed by atoms with van der Waals surface area (Å²) in [5.74, 6) is 0.0921. The van der Waals surface area contributed by atoms with Gasteiger partial charge in [0.1, 0.15) is 19.3 Å². The Labute approximate surface area is 568 Å². The first-order chi connectivity index (χ1) is 44.8. The number of ether oxygens (including phenoxy) is 4. The van der Waals surface area contributed by atoms with Crippen LogP contribution in [0.2, 0.25) is 0 Å². The molecule has 0 aromatic carbocycles. The van der Waals surface area contributed by atoms with Crippen LogP contribution in [-0.2, 0) is 65.4 Å². The molecule has 0 amide bonds. The van der Waals surface area contributed by atoms with Gasteiger partial charge in [0.05, 0.1) is 26.4 Å². The van der Waals surface area contributed by atoms with Gasteiger partial charge >= 0.3 is 39.5 Å². The lowest BCUT2D eigenvalue weighted by Gasteiger charge is -2.21. The Bertz CT molecular complexity index is 1820. The van der Waals surface area contributed by atoms with Gasteiger partial charge in [0.15, 0.2) is 12.2 Å². The van der Waals surface area contributed by atoms with Gasteiger partial charge in [0.2, 0.25) is 0 Å². The third-order valence-corrected chi connectivity index (χ3v) is 19.4. The number of phosphoric acid groups is 2. The zero-order valence-electron chi connectivity index (χ0n) is 60.7. The van der Waals surface area contributed by atoms with Crippen LogP contribution in [0.4, 0.5) is 0 Å². The maximum Gasteiger partial charge on any atom is 0.472 e. The molecule has 0 aliphatic rings. The summed E-state index contributed by atoms with van der Waals surface area (Å²) in [6, 6.07) is 0. The molecule has 19 heteroatoms. The number of carbonyl (C=O) groups excluding carboxylic acids is 4. The number of rotatable bonds is 72. The Morgan fingerprint density at radius 2 is 0.548 bits per heavy atom. The molecule has 3 unspecified atom stereocenters. The number of aliphatic hydroxyl groups is 1. The molecule has 93 heavy (non-hydrogen) atoms. The van der Waals surface area contributed by atoms with E-state index in [0.29, 0.717) is 37.5 Å². The highest BCUT2D eigenvalue weighted by atomic mass is 31.2. The third-order valence-electron chi connectivity index (χ3n) is 17.5. The zero-order valence-corrected chi connectivity index (χ0v) is 62.5. The molecule has 0 fully saturated rings. The Hall–Kier alpha value is -1.94. The van der Waals surface area contributed by atoms with Crippen LogP contribution in [0, 0.1) is 17.8 Å². The quantitative estimate of drug-likeness (QED) is 0.0222. The van der Waals surface area contributed by atoms with Crippen LogP contribution >= 0.6 is 15.6 Å². The number of carbonyl (C=O) groups is 4. The standard InChI is InChI=1S/C74H144O17P2/c1-8-10-11-12-13-14-15-22-26-29-32-41-48-55-71(76)84-61-69(90-73(78)57-50-43-33-30-27-24-21-19-17-16-18-20-23-25-28-31-40-47-54-67(7)9-2)63-88-92(80,81)86-59-68(75)60-87-93(82,83)89-64-70(91-74(79)58-51-44-37-35-39-46-53-66(5)6)62-85-72(77)56-49-42-36-34-38-45-52-65(3)4/h65-70,75H,8-64H2,1-7H3,(H,80,81)(H,82,83)/t67?,68-,69-,70-/m1/s1. The molecule has 0 aromatic rings. The van der Waals surface area contributed by atoms with Crippen LogP contribution in [0.25, 0.3) is 0 Å². The van der Waals surface area contributed by atoms with E-state index in [2.05, 4.69) is 48.5 Å². The largest absolute Gasteiger partial charge is 0.472 e. The number of hydrogen-bond donors (Lipinski definition) is 3. The van der Waals surface area contributed by atoms with Crippen molar-refractivity contribution in [2.75, 3.05) is 39.6 Å². The highest BCUT2D eigenvalue weighted by molar-refractivity contribution is 7.47. The van der Waals surface area contributed by atoms with Crippen molar-refractivity contribution in [3.8, 4) is 0 Å². The number of unbranched alkanes of at least 4 members (excludes halogenated alkanes) is 39. The van der Waals surface area contributed by atoms with E-state index in [9.17, 15) is 43.2 Å². The summed E-state index contributed by atoms with van der Waals surface area (Å²) >= 11 is 0. The second-order valence-electron chi connectivity index (χ2n) is 27.9. The van der Waals surface area contributed by atoms with Crippen molar-refractivity contribution in [2.24, 2.45) is 17.8 Å². The van der Waals surface area contributed by atoms with Gasteiger partial charge in [-0.25, -0.2) is 9.13 Å². The summed E-state index contributed by atoms with van der Waals surface area (Å²) in [5.41, 5.74) is 0. The second-order valence-corrected chi connectivity index (χ2v) is 30.8. The van der Waals surface area contributed by atoms with Gasteiger partial charge in [-0.2, -0.15) is 0 Å². The maximum atomic E-state index is 13.1. The molecule has 0 saturated carbocycles. The van der Waals surface area contributed by atoms with Gasteiger partial charge in [0.25, 0.3) is 0 Å². The molecule has 552 valence electrons. The van der Waals surface area contributed by atoms with Crippen LogP contribution in [-0.4, -0.2) is 96.7 Å². The van der Waals surface area contributed by atoms with Crippen LogP contribution in [0.5, 0.6) is 0 Å². The van der Waals surface area contributed by atoms with Gasteiger partial charge in [-0.3, -0.25) is 37.3 Å². The summed E-state index contributed by atoms with van der Waals surface area (Å²) in [5, 5.41) is 10.6. The summed E-state index contributed by atoms with van der Waals surface area (Å²) in [7, 11) is -9.90. The summed E-state index contributed by atoms with van der Waals surface area (Å²) in [6.07, 6.45) is 50.4. The minimum atomic E-state index is -4.95. The molecule has 6 atom stereocenters. The Morgan fingerprint density at radius 3 is 0.817 bits per heavy atom. The normalized spacial score (nSPS) is 14.4. The first-order valence-electron chi connectivity index (χ1n) is 38.4. The van der Waals surface area contributed by atoms with Crippen LogP contribution < -0.4 is 0 Å². The SMILES string of the molecule is CCCCCCCCCCCCCCCC(=O)OC[C@H](COP(=O)(O)OC[C@@H](O)COP(=O)(O)OC[C@@H](COC(=O)CCCCCCCCC(C)C)OC(=O)CCCCCCCCC(C)C)OC(=O)CCCCCCCCCCCCCCCCCCCCC(C)CC. The molecule has 0 aliphatic heterocycles. The van der Waals surface area contributed by atoms with Crippen LogP contribution in [0.1, 0.15) is 376 Å². The van der Waals surface area contributed by atoms with Crippen molar-refractivity contribution < 1.29 is 80.2 Å². The van der Waals surface area contributed by atoms with E-state index in [1.54, 1.807) is 0 Å². The molecule has 0 aromatic heterocycles. The topological polar surface area (TPSA) is 237 Å². The molecule has 3 N–H and O–H groups in total. The maximum absolute atomic E-state index is 13.1. The fraction of sp³-hybridized carbons (Fsp3) is 0.946. The number of phosphoric ester groups is 2. The molecule has 0 spiro atoms. The molecule has 0 aliphatic carbocycles. The van der Waals surface area contributed by atoms with E-state index in [4.69, 9.17) is 37.0 Å². The highest BCUT2D eigenvalue weighted by Crippen LogP contribution is 2.45. The first-order valence-corrected chi connectivity index (χ1v) is 41.4. The highest BCUT2D eigenvalue weighted by Gasteiger charge is 2.30. The first kappa shape index (κ1) is 91.1. The molecule has 0 rings (SSSR count). The smallest absolute Gasteiger partial charge is 0.462 e. The number of esters is 4. The van der Waals surface area contributed by atoms with E-state index < -0.39 is 97.5 Å². The second kappa shape index (κ2) is 64.7. The fourth-order valence-corrected chi connectivity index (χ4v) is 12.8. The number of hydrogen-bond acceptors (Lipinski definition) is 15. The summed E-state index contributed by atoms with van der Waals surface area (Å²) in [4.78, 5) is 72.5. The third kappa shape index (κ3) is 67.0. The van der Waals surface area contributed by atoms with E-state index in [1.807, 2.05) is 0 Å². The zero-order chi connectivity index (χ0) is 68.7.